The van der Waals surface area contributed by atoms with Crippen LogP contribution in [-0.4, -0.2) is 46.3 Å². The van der Waals surface area contributed by atoms with Gasteiger partial charge in [0.05, 0.1) is 11.9 Å². The van der Waals surface area contributed by atoms with Crippen molar-refractivity contribution in [3.8, 4) is 11.5 Å². The summed E-state index contributed by atoms with van der Waals surface area (Å²) >= 11 is 0. The number of aromatic amines is 1. The smallest absolute Gasteiger partial charge is 0.314 e. The zero-order valence-corrected chi connectivity index (χ0v) is 13.6. The number of pyridine rings is 1. The van der Waals surface area contributed by atoms with E-state index in [1.54, 1.807) is 30.5 Å². The van der Waals surface area contributed by atoms with E-state index in [0.29, 0.717) is 28.4 Å². The predicted octanol–water partition coefficient (Wildman–Crippen LogP) is 0.853. The van der Waals surface area contributed by atoms with Crippen molar-refractivity contribution in [2.75, 3.05) is 18.5 Å². The fourth-order valence-electron chi connectivity index (χ4n) is 2.57. The molecule has 0 unspecified atom stereocenters. The third-order valence-electron chi connectivity index (χ3n) is 3.83. The average Bonchev–Trinajstić information content (AvgIpc) is 3.09. The van der Waals surface area contributed by atoms with Crippen molar-refractivity contribution in [3.63, 3.8) is 0 Å². The molecule has 9 nitrogen and oxygen atoms in total. The van der Waals surface area contributed by atoms with E-state index in [1.165, 1.54) is 0 Å². The number of para-hydroxylation sites is 2. The molecular weight excluding hydrogens is 338 g/mol. The number of carbonyl (C=O) groups excluding carboxylic acids is 2. The Bertz CT molecular complexity index is 970. The second-order valence-corrected chi connectivity index (χ2v) is 5.63. The highest BCUT2D eigenvalue weighted by molar-refractivity contribution is 6.40. The number of amides is 2. The number of H-pyrrole nitrogens is 1. The molecule has 0 saturated carbocycles. The van der Waals surface area contributed by atoms with Crippen LogP contribution in [0.2, 0.25) is 0 Å². The van der Waals surface area contributed by atoms with Gasteiger partial charge in [-0.3, -0.25) is 14.7 Å². The standard InChI is InChI=1S/C17H15N5O4/c23-16(17(24)20-15-11-4-3-7-18-14(11)21-22-15)19-8-10-9-25-12-5-1-2-6-13(12)26-10/h1-7,10H,8-9H2,(H,19,23)(H2,18,20,21,22,24)/t10-/m0/s1. The summed E-state index contributed by atoms with van der Waals surface area (Å²) in [4.78, 5) is 28.1. The van der Waals surface area contributed by atoms with Gasteiger partial charge in [-0.1, -0.05) is 12.1 Å². The maximum atomic E-state index is 12.1. The molecule has 4 rings (SSSR count). The summed E-state index contributed by atoms with van der Waals surface area (Å²) < 4.78 is 11.3. The zero-order chi connectivity index (χ0) is 17.9. The van der Waals surface area contributed by atoms with E-state index in [1.807, 2.05) is 12.1 Å². The average molecular weight is 353 g/mol. The van der Waals surface area contributed by atoms with Crippen LogP contribution in [0, 0.1) is 0 Å². The van der Waals surface area contributed by atoms with Crippen LogP contribution in [0.3, 0.4) is 0 Å². The monoisotopic (exact) mass is 353 g/mol. The van der Waals surface area contributed by atoms with Crippen LogP contribution in [0.5, 0.6) is 11.5 Å². The van der Waals surface area contributed by atoms with Crippen LogP contribution in [0.1, 0.15) is 0 Å². The topological polar surface area (TPSA) is 118 Å². The highest BCUT2D eigenvalue weighted by Gasteiger charge is 2.23. The number of carbonyl (C=O) groups is 2. The lowest BCUT2D eigenvalue weighted by atomic mass is 10.2. The van der Waals surface area contributed by atoms with E-state index in [0.717, 1.165) is 0 Å². The number of rotatable bonds is 3. The molecule has 3 aromatic rings. The number of nitrogens with zero attached hydrogens (tertiary/aromatic N) is 2. The number of anilines is 1. The second-order valence-electron chi connectivity index (χ2n) is 5.63. The Morgan fingerprint density at radius 1 is 1.15 bits per heavy atom. The summed E-state index contributed by atoms with van der Waals surface area (Å²) in [6.45, 7) is 0.432. The second kappa shape index (κ2) is 6.71. The Morgan fingerprint density at radius 3 is 2.88 bits per heavy atom. The van der Waals surface area contributed by atoms with Crippen LogP contribution in [0.4, 0.5) is 5.82 Å². The SMILES string of the molecule is O=C(NC[C@H]1COc2ccccc2O1)C(=O)Nc1[nH]nc2ncccc12. The lowest BCUT2D eigenvalue weighted by Crippen LogP contribution is -2.44. The molecule has 0 fully saturated rings. The third-order valence-corrected chi connectivity index (χ3v) is 3.83. The van der Waals surface area contributed by atoms with E-state index in [2.05, 4.69) is 25.8 Å². The molecule has 0 bridgehead atoms. The number of aromatic nitrogens is 3. The molecule has 26 heavy (non-hydrogen) atoms. The Labute approximate surface area is 147 Å². The fourth-order valence-corrected chi connectivity index (χ4v) is 2.57. The summed E-state index contributed by atoms with van der Waals surface area (Å²) in [5, 5.41) is 12.2. The van der Waals surface area contributed by atoms with E-state index in [4.69, 9.17) is 9.47 Å². The van der Waals surface area contributed by atoms with Gasteiger partial charge in [0.15, 0.2) is 17.1 Å². The first-order valence-electron chi connectivity index (χ1n) is 7.97. The molecule has 132 valence electrons. The van der Waals surface area contributed by atoms with Gasteiger partial charge in [0.2, 0.25) is 0 Å². The van der Waals surface area contributed by atoms with Crippen molar-refractivity contribution in [2.24, 2.45) is 0 Å². The lowest BCUT2D eigenvalue weighted by molar-refractivity contribution is -0.136. The minimum absolute atomic E-state index is 0.145. The molecule has 0 aliphatic carbocycles. The Balaban J connectivity index is 1.33. The number of hydrogen-bond acceptors (Lipinski definition) is 6. The molecule has 1 atom stereocenters. The number of benzene rings is 1. The minimum atomic E-state index is -0.809. The molecule has 3 N–H and O–H groups in total. The summed E-state index contributed by atoms with van der Waals surface area (Å²) in [5.74, 6) is 0.00138. The highest BCUT2D eigenvalue weighted by Crippen LogP contribution is 2.30. The predicted molar refractivity (Wildman–Crippen MR) is 91.9 cm³/mol. The van der Waals surface area contributed by atoms with Gasteiger partial charge in [-0.05, 0) is 24.3 Å². The van der Waals surface area contributed by atoms with Crippen LogP contribution in [0.15, 0.2) is 42.6 Å². The van der Waals surface area contributed by atoms with E-state index >= 15 is 0 Å². The molecule has 9 heteroatoms. The van der Waals surface area contributed by atoms with Crippen molar-refractivity contribution < 1.29 is 19.1 Å². The molecule has 1 aromatic carbocycles. The van der Waals surface area contributed by atoms with E-state index < -0.39 is 11.8 Å². The summed E-state index contributed by atoms with van der Waals surface area (Å²) in [7, 11) is 0. The molecule has 1 aliphatic rings. The van der Waals surface area contributed by atoms with Crippen molar-refractivity contribution in [3.05, 3.63) is 42.6 Å². The molecule has 0 spiro atoms. The molecule has 2 aromatic heterocycles. The van der Waals surface area contributed by atoms with Gasteiger partial charge in [-0.25, -0.2) is 4.98 Å². The van der Waals surface area contributed by atoms with Crippen molar-refractivity contribution in [1.82, 2.24) is 20.5 Å². The maximum absolute atomic E-state index is 12.1. The maximum Gasteiger partial charge on any atom is 0.314 e. The first kappa shape index (κ1) is 15.9. The molecule has 1 aliphatic heterocycles. The normalized spacial score (nSPS) is 15.5. The molecule has 0 saturated heterocycles. The molecule has 2 amide bonds. The minimum Gasteiger partial charge on any atom is -0.486 e. The fraction of sp³-hybridized carbons (Fsp3) is 0.176. The summed E-state index contributed by atoms with van der Waals surface area (Å²) in [5.41, 5.74) is 0.453. The first-order valence-corrected chi connectivity index (χ1v) is 7.97. The Kier molecular flexibility index (Phi) is 4.10. The van der Waals surface area contributed by atoms with Crippen LogP contribution in [0.25, 0.3) is 11.0 Å². The number of fused-ring (bicyclic) bond motifs is 2. The van der Waals surface area contributed by atoms with Crippen molar-refractivity contribution >= 4 is 28.7 Å². The van der Waals surface area contributed by atoms with Crippen LogP contribution < -0.4 is 20.1 Å². The van der Waals surface area contributed by atoms with Gasteiger partial charge in [-0.2, -0.15) is 5.10 Å². The Morgan fingerprint density at radius 2 is 2.00 bits per heavy atom. The number of hydrogen-bond donors (Lipinski definition) is 3. The molecule has 0 radical (unpaired) electrons. The van der Waals surface area contributed by atoms with Crippen LogP contribution in [-0.2, 0) is 9.59 Å². The van der Waals surface area contributed by atoms with Gasteiger partial charge >= 0.3 is 11.8 Å². The van der Waals surface area contributed by atoms with Gasteiger partial charge in [0, 0.05) is 6.20 Å². The van der Waals surface area contributed by atoms with Crippen molar-refractivity contribution in [1.29, 1.82) is 0 Å². The lowest BCUT2D eigenvalue weighted by Gasteiger charge is -2.26. The highest BCUT2D eigenvalue weighted by atomic mass is 16.6. The van der Waals surface area contributed by atoms with Crippen LogP contribution >= 0.6 is 0 Å². The molecule has 3 heterocycles. The number of nitrogens with one attached hydrogen (secondary N) is 3. The van der Waals surface area contributed by atoms with Gasteiger partial charge in [0.1, 0.15) is 18.5 Å². The molecular formula is C17H15N5O4. The third kappa shape index (κ3) is 3.14. The van der Waals surface area contributed by atoms with E-state index in [-0.39, 0.29) is 19.3 Å². The quantitative estimate of drug-likeness (QED) is 0.601. The van der Waals surface area contributed by atoms with Crippen molar-refractivity contribution in [2.45, 2.75) is 6.10 Å². The Hall–Kier alpha value is -3.62. The van der Waals surface area contributed by atoms with Gasteiger partial charge in [0.25, 0.3) is 0 Å². The zero-order valence-electron chi connectivity index (χ0n) is 13.6. The summed E-state index contributed by atoms with van der Waals surface area (Å²) in [6, 6.07) is 10.7. The first-order chi connectivity index (χ1) is 12.7. The van der Waals surface area contributed by atoms with Gasteiger partial charge < -0.3 is 20.1 Å². The number of ether oxygens (including phenoxy) is 2. The van der Waals surface area contributed by atoms with E-state index in [9.17, 15) is 9.59 Å². The summed E-state index contributed by atoms with van der Waals surface area (Å²) in [6.07, 6.45) is 1.21. The largest absolute Gasteiger partial charge is 0.486 e. The van der Waals surface area contributed by atoms with Gasteiger partial charge in [-0.15, -0.1) is 0 Å².